The Balaban J connectivity index is 0.000000200. The third-order valence-electron chi connectivity index (χ3n) is 5.70. The lowest BCUT2D eigenvalue weighted by Gasteiger charge is -2.37. The fourth-order valence-electron chi connectivity index (χ4n) is 4.64. The zero-order valence-corrected chi connectivity index (χ0v) is 14.9. The van der Waals surface area contributed by atoms with Crippen molar-refractivity contribution in [3.05, 3.63) is 0 Å². The average molecular weight is 283 g/mol. The first-order chi connectivity index (χ1) is 9.12. The van der Waals surface area contributed by atoms with Gasteiger partial charge < -0.3 is 5.11 Å². The molecule has 1 heteroatoms. The van der Waals surface area contributed by atoms with Gasteiger partial charge in [-0.05, 0) is 60.7 Å². The van der Waals surface area contributed by atoms with E-state index in [9.17, 15) is 5.11 Å². The van der Waals surface area contributed by atoms with E-state index in [1.54, 1.807) is 0 Å². The summed E-state index contributed by atoms with van der Waals surface area (Å²) in [6.07, 6.45) is 6.74. The highest BCUT2D eigenvalue weighted by atomic mass is 16.3. The van der Waals surface area contributed by atoms with Gasteiger partial charge in [-0.2, -0.15) is 0 Å². The maximum absolute atomic E-state index is 9.62. The van der Waals surface area contributed by atoms with Gasteiger partial charge in [-0.25, -0.2) is 0 Å². The molecule has 2 saturated carbocycles. The Morgan fingerprint density at radius 3 is 1.65 bits per heavy atom. The quantitative estimate of drug-likeness (QED) is 0.620. The van der Waals surface area contributed by atoms with E-state index < -0.39 is 0 Å². The Hall–Kier alpha value is -0.0400. The van der Waals surface area contributed by atoms with Crippen molar-refractivity contribution in [3.8, 4) is 0 Å². The fourth-order valence-corrected chi connectivity index (χ4v) is 4.64. The van der Waals surface area contributed by atoms with Gasteiger partial charge >= 0.3 is 0 Å². The van der Waals surface area contributed by atoms with Crippen LogP contribution in [-0.4, -0.2) is 11.2 Å². The maximum Gasteiger partial charge on any atom is 0.0593 e. The number of aliphatic hydroxyl groups is 1. The van der Waals surface area contributed by atoms with Gasteiger partial charge in [0, 0.05) is 0 Å². The molecule has 2 rings (SSSR count). The first kappa shape index (κ1) is 18.0. The molecule has 0 bridgehead atoms. The molecular weight excluding hydrogens is 244 g/mol. The molecule has 0 heterocycles. The van der Waals surface area contributed by atoms with Gasteiger partial charge in [0.2, 0.25) is 0 Å². The molecule has 0 aromatic heterocycles. The van der Waals surface area contributed by atoms with Gasteiger partial charge in [0.1, 0.15) is 0 Å². The van der Waals surface area contributed by atoms with Crippen molar-refractivity contribution >= 4 is 0 Å². The molecule has 0 aromatic carbocycles. The molecule has 0 radical (unpaired) electrons. The standard InChI is InChI=1S/C10H20.C9H18O/c1-8-5-9(2)7-10(3,4)6-8;1-6-4-5-7(2)9(10)8(6)3/h8-9H,5-7H2,1-4H3;6-10H,4-5H2,1-3H3. The molecule has 0 aromatic rings. The number of rotatable bonds is 0. The minimum Gasteiger partial charge on any atom is -0.393 e. The van der Waals surface area contributed by atoms with Crippen LogP contribution in [-0.2, 0) is 0 Å². The smallest absolute Gasteiger partial charge is 0.0593 e. The van der Waals surface area contributed by atoms with Crippen molar-refractivity contribution in [2.45, 2.75) is 86.7 Å². The predicted octanol–water partition coefficient (Wildman–Crippen LogP) is 5.52. The Kier molecular flexibility index (Phi) is 6.57. The molecule has 0 aliphatic heterocycles. The summed E-state index contributed by atoms with van der Waals surface area (Å²) >= 11 is 0. The van der Waals surface area contributed by atoms with Crippen LogP contribution in [0, 0.1) is 35.0 Å². The highest BCUT2D eigenvalue weighted by Crippen LogP contribution is 2.41. The number of aliphatic hydroxyl groups excluding tert-OH is 1. The zero-order valence-electron chi connectivity index (χ0n) is 14.9. The van der Waals surface area contributed by atoms with Crippen molar-refractivity contribution in [2.24, 2.45) is 35.0 Å². The van der Waals surface area contributed by atoms with Crippen molar-refractivity contribution in [3.63, 3.8) is 0 Å². The van der Waals surface area contributed by atoms with Gasteiger partial charge in [-0.1, -0.05) is 54.9 Å². The maximum atomic E-state index is 9.62. The molecular formula is C19H38O. The largest absolute Gasteiger partial charge is 0.393 e. The third kappa shape index (κ3) is 5.39. The first-order valence-electron chi connectivity index (χ1n) is 8.80. The van der Waals surface area contributed by atoms with Crippen LogP contribution >= 0.6 is 0 Å². The Labute approximate surface area is 127 Å². The molecule has 2 aliphatic rings. The molecule has 0 spiro atoms. The summed E-state index contributed by atoms with van der Waals surface area (Å²) in [5, 5.41) is 9.62. The summed E-state index contributed by atoms with van der Waals surface area (Å²) < 4.78 is 0. The van der Waals surface area contributed by atoms with E-state index in [4.69, 9.17) is 0 Å². The minimum absolute atomic E-state index is 0.0521. The van der Waals surface area contributed by atoms with Crippen molar-refractivity contribution in [1.82, 2.24) is 0 Å². The van der Waals surface area contributed by atoms with E-state index in [0.717, 1.165) is 11.8 Å². The molecule has 0 saturated heterocycles. The van der Waals surface area contributed by atoms with Crippen molar-refractivity contribution < 1.29 is 5.11 Å². The van der Waals surface area contributed by atoms with E-state index in [-0.39, 0.29) is 6.10 Å². The third-order valence-corrected chi connectivity index (χ3v) is 5.70. The van der Waals surface area contributed by atoms with Crippen molar-refractivity contribution in [1.29, 1.82) is 0 Å². The second kappa shape index (κ2) is 7.29. The highest BCUT2D eigenvalue weighted by Gasteiger charge is 2.30. The van der Waals surface area contributed by atoms with E-state index in [1.165, 1.54) is 32.1 Å². The highest BCUT2D eigenvalue weighted by molar-refractivity contribution is 4.81. The van der Waals surface area contributed by atoms with Crippen LogP contribution in [0.3, 0.4) is 0 Å². The van der Waals surface area contributed by atoms with Crippen LogP contribution in [0.2, 0.25) is 0 Å². The topological polar surface area (TPSA) is 20.2 Å². The molecule has 1 N–H and O–H groups in total. The summed E-state index contributed by atoms with van der Waals surface area (Å²) in [4.78, 5) is 0. The summed E-state index contributed by atoms with van der Waals surface area (Å²) in [6, 6.07) is 0. The molecule has 2 fully saturated rings. The zero-order chi connectivity index (χ0) is 15.5. The van der Waals surface area contributed by atoms with Crippen LogP contribution in [0.4, 0.5) is 0 Å². The van der Waals surface area contributed by atoms with E-state index in [0.29, 0.717) is 23.2 Å². The molecule has 120 valence electrons. The molecule has 6 unspecified atom stereocenters. The molecule has 0 amide bonds. The molecule has 1 nitrogen and oxygen atoms in total. The monoisotopic (exact) mass is 282 g/mol. The number of hydrogen-bond donors (Lipinski definition) is 1. The van der Waals surface area contributed by atoms with Gasteiger partial charge in [0.25, 0.3) is 0 Å². The summed E-state index contributed by atoms with van der Waals surface area (Å²) in [5.74, 6) is 3.65. The van der Waals surface area contributed by atoms with Crippen LogP contribution in [0.1, 0.15) is 80.6 Å². The SMILES string of the molecule is CC1CC(C)CC(C)(C)C1.CC1CCC(C)C(O)C1C. The van der Waals surface area contributed by atoms with Gasteiger partial charge in [-0.3, -0.25) is 0 Å². The Morgan fingerprint density at radius 1 is 0.800 bits per heavy atom. The van der Waals surface area contributed by atoms with Crippen LogP contribution in [0.5, 0.6) is 0 Å². The normalized spacial score (nSPS) is 44.4. The molecule has 20 heavy (non-hydrogen) atoms. The van der Waals surface area contributed by atoms with Crippen molar-refractivity contribution in [2.75, 3.05) is 0 Å². The van der Waals surface area contributed by atoms with Crippen LogP contribution in [0.25, 0.3) is 0 Å². The first-order valence-corrected chi connectivity index (χ1v) is 8.80. The lowest BCUT2D eigenvalue weighted by molar-refractivity contribution is 0.00602. The summed E-state index contributed by atoms with van der Waals surface area (Å²) in [5.41, 5.74) is 0.622. The van der Waals surface area contributed by atoms with E-state index in [2.05, 4.69) is 48.5 Å². The second-order valence-electron chi connectivity index (χ2n) is 8.90. The second-order valence-corrected chi connectivity index (χ2v) is 8.90. The lowest BCUT2D eigenvalue weighted by atomic mass is 9.69. The van der Waals surface area contributed by atoms with Gasteiger partial charge in [0.05, 0.1) is 6.10 Å². The van der Waals surface area contributed by atoms with Gasteiger partial charge in [0.15, 0.2) is 0 Å². The minimum atomic E-state index is -0.0521. The lowest BCUT2D eigenvalue weighted by Crippen LogP contribution is -2.34. The van der Waals surface area contributed by atoms with Gasteiger partial charge in [-0.15, -0.1) is 0 Å². The van der Waals surface area contributed by atoms with E-state index in [1.807, 2.05) is 0 Å². The van der Waals surface area contributed by atoms with E-state index >= 15 is 0 Å². The Morgan fingerprint density at radius 2 is 1.25 bits per heavy atom. The average Bonchev–Trinajstić information content (AvgIpc) is 2.29. The Bertz CT molecular complexity index is 257. The summed E-state index contributed by atoms with van der Waals surface area (Å²) in [6.45, 7) is 16.1. The fraction of sp³-hybridized carbons (Fsp3) is 1.00. The number of hydrogen-bond acceptors (Lipinski definition) is 1. The van der Waals surface area contributed by atoms with Crippen LogP contribution in [0.15, 0.2) is 0 Å². The van der Waals surface area contributed by atoms with Crippen LogP contribution < -0.4 is 0 Å². The predicted molar refractivity (Wildman–Crippen MR) is 88.7 cm³/mol. The summed E-state index contributed by atoms with van der Waals surface area (Å²) in [7, 11) is 0. The molecule has 2 aliphatic carbocycles. The molecule has 6 atom stereocenters.